The molecule has 1 rings (SSSR count). The zero-order valence-electron chi connectivity index (χ0n) is 8.45. The first-order valence-corrected chi connectivity index (χ1v) is 4.33. The topological polar surface area (TPSA) is 59.2 Å². The summed E-state index contributed by atoms with van der Waals surface area (Å²) >= 11 is 0. The van der Waals surface area contributed by atoms with Crippen molar-refractivity contribution in [3.8, 4) is 0 Å². The fraction of sp³-hybridized carbons (Fsp3) is 0.333. The smallest absolute Gasteiger partial charge is 0.397 e. The molecular weight excluding hydrogens is 223 g/mol. The second kappa shape index (κ2) is 4.38. The van der Waals surface area contributed by atoms with Crippen LogP contribution in [0.5, 0.6) is 0 Å². The summed E-state index contributed by atoms with van der Waals surface area (Å²) in [6.45, 7) is -1.31. The second-order valence-electron chi connectivity index (χ2n) is 3.24. The normalized spacial score (nSPS) is 11.2. The molecule has 0 aromatic carbocycles. The zero-order chi connectivity index (χ0) is 12.3. The molecule has 0 aliphatic carbocycles. The van der Waals surface area contributed by atoms with Crippen LogP contribution in [-0.4, -0.2) is 35.6 Å². The molecule has 88 valence electrons. The lowest BCUT2D eigenvalue weighted by Gasteiger charge is -2.19. The van der Waals surface area contributed by atoms with Gasteiger partial charge in [-0.15, -0.1) is 0 Å². The summed E-state index contributed by atoms with van der Waals surface area (Å²) in [5.41, 5.74) is 5.50. The summed E-state index contributed by atoms with van der Waals surface area (Å²) in [4.78, 5) is 15.8. The Morgan fingerprint density at radius 3 is 2.69 bits per heavy atom. The van der Waals surface area contributed by atoms with Crippen LogP contribution in [0.15, 0.2) is 18.5 Å². The molecule has 0 saturated heterocycles. The number of nitrogen functional groups attached to an aromatic ring is 1. The van der Waals surface area contributed by atoms with Crippen molar-refractivity contribution in [2.24, 2.45) is 0 Å². The lowest BCUT2D eigenvalue weighted by molar-refractivity contribution is -0.138. The highest BCUT2D eigenvalue weighted by atomic mass is 19.4. The van der Waals surface area contributed by atoms with E-state index in [1.165, 1.54) is 18.5 Å². The standard InChI is InChI=1S/C9H10F3N3O/c1-15(5-9(10,11)12)8(16)6-2-3-14-4-7(6)13/h2-4H,5,13H2,1H3. The van der Waals surface area contributed by atoms with Gasteiger partial charge in [-0.05, 0) is 6.07 Å². The number of nitrogens with zero attached hydrogens (tertiary/aromatic N) is 2. The van der Waals surface area contributed by atoms with E-state index in [2.05, 4.69) is 4.98 Å². The number of carbonyl (C=O) groups is 1. The Balaban J connectivity index is 2.83. The maximum atomic E-state index is 12.0. The average molecular weight is 233 g/mol. The SMILES string of the molecule is CN(CC(F)(F)F)C(=O)c1ccncc1N. The molecule has 0 aliphatic heterocycles. The monoisotopic (exact) mass is 233 g/mol. The van der Waals surface area contributed by atoms with E-state index < -0.39 is 18.6 Å². The Hall–Kier alpha value is -1.79. The summed E-state index contributed by atoms with van der Waals surface area (Å²) in [7, 11) is 1.07. The predicted octanol–water partition coefficient (Wildman–Crippen LogP) is 1.30. The number of amides is 1. The lowest BCUT2D eigenvalue weighted by Crippen LogP contribution is -2.36. The molecule has 0 unspecified atom stereocenters. The van der Waals surface area contributed by atoms with Gasteiger partial charge in [-0.2, -0.15) is 13.2 Å². The number of alkyl halides is 3. The van der Waals surface area contributed by atoms with Crippen LogP contribution < -0.4 is 5.73 Å². The van der Waals surface area contributed by atoms with Crippen molar-refractivity contribution in [3.63, 3.8) is 0 Å². The number of nitrogens with two attached hydrogens (primary N) is 1. The number of hydrogen-bond donors (Lipinski definition) is 1. The maximum absolute atomic E-state index is 12.0. The van der Waals surface area contributed by atoms with E-state index in [9.17, 15) is 18.0 Å². The molecule has 1 heterocycles. The number of pyridine rings is 1. The molecule has 0 radical (unpaired) electrons. The molecule has 4 nitrogen and oxygen atoms in total. The molecule has 0 aliphatic rings. The summed E-state index contributed by atoms with van der Waals surface area (Å²) < 4.78 is 36.1. The van der Waals surface area contributed by atoms with E-state index in [0.717, 1.165) is 7.05 Å². The van der Waals surface area contributed by atoms with Crippen molar-refractivity contribution in [2.45, 2.75) is 6.18 Å². The number of carbonyl (C=O) groups excluding carboxylic acids is 1. The van der Waals surface area contributed by atoms with Gasteiger partial charge in [-0.1, -0.05) is 0 Å². The van der Waals surface area contributed by atoms with E-state index in [0.29, 0.717) is 4.90 Å². The maximum Gasteiger partial charge on any atom is 0.406 e. The van der Waals surface area contributed by atoms with Gasteiger partial charge < -0.3 is 10.6 Å². The van der Waals surface area contributed by atoms with Crippen molar-refractivity contribution in [2.75, 3.05) is 19.3 Å². The van der Waals surface area contributed by atoms with E-state index in [1.54, 1.807) is 0 Å². The molecule has 0 atom stereocenters. The van der Waals surface area contributed by atoms with Crippen molar-refractivity contribution in [3.05, 3.63) is 24.0 Å². The fourth-order valence-corrected chi connectivity index (χ4v) is 1.15. The Labute approximate surface area is 89.9 Å². The van der Waals surface area contributed by atoms with E-state index in [1.807, 2.05) is 0 Å². The predicted molar refractivity (Wildman–Crippen MR) is 51.7 cm³/mol. The van der Waals surface area contributed by atoms with Gasteiger partial charge in [0.1, 0.15) is 6.54 Å². The highest BCUT2D eigenvalue weighted by molar-refractivity contribution is 5.98. The van der Waals surface area contributed by atoms with Crippen LogP contribution in [0, 0.1) is 0 Å². The first-order chi connectivity index (χ1) is 7.31. The molecule has 2 N–H and O–H groups in total. The largest absolute Gasteiger partial charge is 0.406 e. The van der Waals surface area contributed by atoms with Crippen molar-refractivity contribution in [1.82, 2.24) is 9.88 Å². The van der Waals surface area contributed by atoms with Crippen LogP contribution in [0.4, 0.5) is 18.9 Å². The van der Waals surface area contributed by atoms with Gasteiger partial charge in [-0.3, -0.25) is 9.78 Å². The highest BCUT2D eigenvalue weighted by Crippen LogP contribution is 2.18. The van der Waals surface area contributed by atoms with Crippen LogP contribution >= 0.6 is 0 Å². The minimum Gasteiger partial charge on any atom is -0.397 e. The van der Waals surface area contributed by atoms with Crippen LogP contribution in [0.3, 0.4) is 0 Å². The summed E-state index contributed by atoms with van der Waals surface area (Å²) in [5.74, 6) is -0.780. The highest BCUT2D eigenvalue weighted by Gasteiger charge is 2.31. The molecule has 16 heavy (non-hydrogen) atoms. The van der Waals surface area contributed by atoms with Crippen LogP contribution in [-0.2, 0) is 0 Å². The third-order valence-electron chi connectivity index (χ3n) is 1.85. The van der Waals surface area contributed by atoms with Gasteiger partial charge in [0.05, 0.1) is 17.4 Å². The summed E-state index contributed by atoms with van der Waals surface area (Å²) in [6.07, 6.45) is -1.91. The zero-order valence-corrected chi connectivity index (χ0v) is 8.45. The minimum atomic E-state index is -4.42. The minimum absolute atomic E-state index is 0.0155. The number of halogens is 3. The molecular formula is C9H10F3N3O. The van der Waals surface area contributed by atoms with E-state index >= 15 is 0 Å². The number of anilines is 1. The molecule has 0 fully saturated rings. The Morgan fingerprint density at radius 2 is 2.19 bits per heavy atom. The van der Waals surface area contributed by atoms with Gasteiger partial charge in [0.2, 0.25) is 0 Å². The lowest BCUT2D eigenvalue weighted by atomic mass is 10.2. The van der Waals surface area contributed by atoms with E-state index in [-0.39, 0.29) is 11.3 Å². The van der Waals surface area contributed by atoms with Gasteiger partial charge in [0.15, 0.2) is 0 Å². The van der Waals surface area contributed by atoms with Gasteiger partial charge in [0.25, 0.3) is 5.91 Å². The summed E-state index contributed by atoms with van der Waals surface area (Å²) in [5, 5.41) is 0. The third kappa shape index (κ3) is 3.11. The van der Waals surface area contributed by atoms with Gasteiger partial charge >= 0.3 is 6.18 Å². The second-order valence-corrected chi connectivity index (χ2v) is 3.24. The molecule has 1 aromatic rings. The first kappa shape index (κ1) is 12.3. The first-order valence-electron chi connectivity index (χ1n) is 4.33. The molecule has 0 saturated carbocycles. The molecule has 1 amide bonds. The quantitative estimate of drug-likeness (QED) is 0.837. The number of rotatable bonds is 2. The Kier molecular flexibility index (Phi) is 3.36. The van der Waals surface area contributed by atoms with Gasteiger partial charge in [0, 0.05) is 13.2 Å². The van der Waals surface area contributed by atoms with Crippen molar-refractivity contribution < 1.29 is 18.0 Å². The molecule has 0 bridgehead atoms. The van der Waals surface area contributed by atoms with Crippen LogP contribution in [0.25, 0.3) is 0 Å². The number of aromatic nitrogens is 1. The fourth-order valence-electron chi connectivity index (χ4n) is 1.15. The average Bonchev–Trinajstić information content (AvgIpc) is 2.15. The Morgan fingerprint density at radius 1 is 1.56 bits per heavy atom. The Bertz CT molecular complexity index is 392. The molecule has 7 heteroatoms. The summed E-state index contributed by atoms with van der Waals surface area (Å²) in [6, 6.07) is 1.28. The third-order valence-corrected chi connectivity index (χ3v) is 1.85. The van der Waals surface area contributed by atoms with Gasteiger partial charge in [-0.25, -0.2) is 0 Å². The molecule has 0 spiro atoms. The van der Waals surface area contributed by atoms with Crippen LogP contribution in [0.1, 0.15) is 10.4 Å². The number of hydrogen-bond acceptors (Lipinski definition) is 3. The van der Waals surface area contributed by atoms with Crippen molar-refractivity contribution >= 4 is 11.6 Å². The van der Waals surface area contributed by atoms with E-state index in [4.69, 9.17) is 5.73 Å². The van der Waals surface area contributed by atoms with Crippen LogP contribution in [0.2, 0.25) is 0 Å². The molecule has 1 aromatic heterocycles. The van der Waals surface area contributed by atoms with Crippen molar-refractivity contribution in [1.29, 1.82) is 0 Å².